The monoisotopic (exact) mass is 892 g/mol. The molecule has 2 saturated heterocycles. The van der Waals surface area contributed by atoms with E-state index < -0.39 is 0 Å². The molecule has 66 heavy (non-hydrogen) atoms. The van der Waals surface area contributed by atoms with Crippen LogP contribution in [-0.2, 0) is 0 Å². The topological polar surface area (TPSA) is 155 Å². The first kappa shape index (κ1) is 43.2. The summed E-state index contributed by atoms with van der Waals surface area (Å²) < 4.78 is 35.2. The molecule has 2 aromatic heterocycles. The maximum atomic E-state index is 13.6. The summed E-state index contributed by atoms with van der Waals surface area (Å²) in [5.74, 6) is 5.12. The zero-order valence-electron chi connectivity index (χ0n) is 37.7. The lowest BCUT2D eigenvalue weighted by Gasteiger charge is -2.30. The van der Waals surface area contributed by atoms with E-state index in [-0.39, 0.29) is 35.9 Å². The van der Waals surface area contributed by atoms with Crippen LogP contribution in [0.4, 0.5) is 0 Å². The van der Waals surface area contributed by atoms with Crippen LogP contribution in [0.15, 0.2) is 94.0 Å². The molecule has 2 aliphatic heterocycles. The number of ether oxygens (including phenoxy) is 4. The van der Waals surface area contributed by atoms with E-state index in [2.05, 4.69) is 10.3 Å². The summed E-state index contributed by atoms with van der Waals surface area (Å²) in [4.78, 5) is 40.5. The second kappa shape index (κ2) is 19.4. The van der Waals surface area contributed by atoms with Crippen LogP contribution in [0, 0.1) is 0 Å². The van der Waals surface area contributed by atoms with E-state index in [9.17, 15) is 9.59 Å². The summed E-state index contributed by atoms with van der Waals surface area (Å²) in [6.45, 7) is 2.38. The minimum Gasteiger partial charge on any atom is -0.493 e. The molecule has 0 N–H and O–H groups in total. The van der Waals surface area contributed by atoms with Gasteiger partial charge in [-0.05, 0) is 149 Å². The summed E-state index contributed by atoms with van der Waals surface area (Å²) in [5, 5.41) is 8.60. The molecular weight excluding hydrogens is 837 g/mol. The Kier molecular flexibility index (Phi) is 12.7. The van der Waals surface area contributed by atoms with E-state index in [1.165, 1.54) is 25.7 Å². The predicted molar refractivity (Wildman–Crippen MR) is 246 cm³/mol. The largest absolute Gasteiger partial charge is 0.493 e. The van der Waals surface area contributed by atoms with E-state index in [0.717, 1.165) is 73.6 Å². The van der Waals surface area contributed by atoms with Crippen molar-refractivity contribution in [2.45, 2.75) is 101 Å². The van der Waals surface area contributed by atoms with Crippen molar-refractivity contribution >= 4 is 11.8 Å². The van der Waals surface area contributed by atoms with Gasteiger partial charge in [-0.3, -0.25) is 9.59 Å². The number of methoxy groups -OCH3 is 2. The lowest BCUT2D eigenvalue weighted by Crippen LogP contribution is -2.38. The van der Waals surface area contributed by atoms with E-state index in [1.807, 2.05) is 94.7 Å². The Morgan fingerprint density at radius 3 is 1.21 bits per heavy atom. The van der Waals surface area contributed by atoms with Crippen molar-refractivity contribution < 1.29 is 37.6 Å². The van der Waals surface area contributed by atoms with E-state index in [0.29, 0.717) is 83.7 Å². The van der Waals surface area contributed by atoms with Gasteiger partial charge in [-0.15, -0.1) is 0 Å². The first-order chi connectivity index (χ1) is 32.4. The standard InChI is InChI=1S/C52H56N6O8/c1-61-43-21-19-39(31-45(43)63-41-7-3-4-8-41)47-53-49(65-55-47)35-23-27-57(28-24-35)51(59)37-15-11-33(12-16-37)34-13-17-38(18-14-34)52(60)58-29-25-36(26-30-58)50-54-48(56-66-50)40-20-22-44(62-2)46(32-40)64-42-9-5-6-10-42/h11-22,31-32,35-36,41-42H,3-10,23-30H2,1-2H3. The van der Waals surface area contributed by atoms with Gasteiger partial charge in [0, 0.05) is 60.3 Å². The first-order valence-corrected chi connectivity index (χ1v) is 23.6. The van der Waals surface area contributed by atoms with Gasteiger partial charge in [-0.25, -0.2) is 0 Å². The van der Waals surface area contributed by atoms with Crippen molar-refractivity contribution in [1.29, 1.82) is 0 Å². The molecule has 6 aromatic rings. The fourth-order valence-electron chi connectivity index (χ4n) is 9.86. The number of aromatic nitrogens is 4. The number of benzene rings is 4. The third-order valence-corrected chi connectivity index (χ3v) is 13.8. The maximum absolute atomic E-state index is 13.6. The fraction of sp³-hybridized carbons (Fsp3) is 0.423. The number of rotatable bonds is 13. The van der Waals surface area contributed by atoms with Crippen LogP contribution in [0.2, 0.25) is 0 Å². The minimum absolute atomic E-state index is 0.000751. The lowest BCUT2D eigenvalue weighted by molar-refractivity contribution is 0.0697. The smallest absolute Gasteiger partial charge is 0.253 e. The summed E-state index contributed by atoms with van der Waals surface area (Å²) >= 11 is 0. The van der Waals surface area contributed by atoms with Crippen molar-refractivity contribution in [2.24, 2.45) is 0 Å². The van der Waals surface area contributed by atoms with Crippen molar-refractivity contribution in [2.75, 3.05) is 40.4 Å². The zero-order chi connectivity index (χ0) is 45.0. The molecule has 0 unspecified atom stereocenters. The molecule has 0 spiro atoms. The molecule has 2 saturated carbocycles. The fourth-order valence-corrected chi connectivity index (χ4v) is 9.86. The number of nitrogens with zero attached hydrogens (tertiary/aromatic N) is 6. The molecule has 10 rings (SSSR count). The van der Waals surface area contributed by atoms with Crippen LogP contribution in [-0.4, -0.2) is 94.5 Å². The molecule has 4 aliphatic rings. The van der Waals surface area contributed by atoms with E-state index >= 15 is 0 Å². The summed E-state index contributed by atoms with van der Waals surface area (Å²) in [7, 11) is 3.29. The molecule has 4 heterocycles. The van der Waals surface area contributed by atoms with Crippen molar-refractivity contribution in [1.82, 2.24) is 30.1 Å². The summed E-state index contributed by atoms with van der Waals surface area (Å²) in [5.41, 5.74) is 4.84. The molecule has 4 fully saturated rings. The Labute approximate surface area is 384 Å². The number of carbonyl (C=O) groups excluding carboxylic acids is 2. The van der Waals surface area contributed by atoms with Gasteiger partial charge in [0.2, 0.25) is 23.4 Å². The van der Waals surface area contributed by atoms with Gasteiger partial charge < -0.3 is 37.8 Å². The average Bonchev–Trinajstić information content (AvgIpc) is 4.24. The van der Waals surface area contributed by atoms with Gasteiger partial charge in [0.15, 0.2) is 23.0 Å². The quantitative estimate of drug-likeness (QED) is 0.108. The number of hydrogen-bond donors (Lipinski definition) is 0. The maximum Gasteiger partial charge on any atom is 0.253 e. The molecule has 4 aromatic carbocycles. The minimum atomic E-state index is -0.000751. The lowest BCUT2D eigenvalue weighted by atomic mass is 9.95. The molecule has 0 bridgehead atoms. The van der Waals surface area contributed by atoms with Crippen LogP contribution in [0.3, 0.4) is 0 Å². The molecular formula is C52H56N6O8. The number of carbonyl (C=O) groups is 2. The van der Waals surface area contributed by atoms with Gasteiger partial charge in [-0.1, -0.05) is 34.6 Å². The Balaban J connectivity index is 0.697. The Morgan fingerprint density at radius 2 is 0.848 bits per heavy atom. The highest BCUT2D eigenvalue weighted by Crippen LogP contribution is 2.38. The molecule has 14 heteroatoms. The predicted octanol–water partition coefficient (Wildman–Crippen LogP) is 10.2. The summed E-state index contributed by atoms with van der Waals surface area (Å²) in [6.07, 6.45) is 12.2. The highest BCUT2D eigenvalue weighted by Gasteiger charge is 2.31. The molecule has 14 nitrogen and oxygen atoms in total. The molecule has 2 amide bonds. The van der Waals surface area contributed by atoms with Crippen LogP contribution in [0.25, 0.3) is 33.9 Å². The van der Waals surface area contributed by atoms with Crippen molar-refractivity contribution in [3.8, 4) is 56.9 Å². The van der Waals surface area contributed by atoms with Gasteiger partial charge in [0.1, 0.15) is 0 Å². The SMILES string of the molecule is COc1ccc(-c2noc(C3CCN(C(=O)c4ccc(-c5ccc(C(=O)N6CCC(c7nc(-c8ccc(OC)c(OC9CCCC9)c8)no7)CC6)cc5)cc4)CC3)n2)cc1OC1CCCC1. The Bertz CT molecular complexity index is 2430. The number of amides is 2. The Morgan fingerprint density at radius 1 is 0.485 bits per heavy atom. The second-order valence-corrected chi connectivity index (χ2v) is 18.0. The Hall–Kier alpha value is -6.70. The van der Waals surface area contributed by atoms with E-state index in [1.54, 1.807) is 14.2 Å². The number of hydrogen-bond acceptors (Lipinski definition) is 12. The van der Waals surface area contributed by atoms with Gasteiger partial charge in [0.05, 0.1) is 26.4 Å². The molecule has 0 radical (unpaired) electrons. The van der Waals surface area contributed by atoms with Gasteiger partial charge in [-0.2, -0.15) is 9.97 Å². The van der Waals surface area contributed by atoms with Crippen LogP contribution >= 0.6 is 0 Å². The second-order valence-electron chi connectivity index (χ2n) is 18.0. The summed E-state index contributed by atoms with van der Waals surface area (Å²) in [6, 6.07) is 26.8. The van der Waals surface area contributed by atoms with Gasteiger partial charge in [0.25, 0.3) is 11.8 Å². The molecule has 342 valence electrons. The normalized spacial score (nSPS) is 17.6. The third kappa shape index (κ3) is 9.36. The van der Waals surface area contributed by atoms with Gasteiger partial charge >= 0.3 is 0 Å². The number of piperidine rings is 2. The van der Waals surface area contributed by atoms with Crippen LogP contribution in [0.1, 0.15) is 121 Å². The zero-order valence-corrected chi connectivity index (χ0v) is 37.7. The highest BCUT2D eigenvalue weighted by atomic mass is 16.5. The van der Waals surface area contributed by atoms with Crippen molar-refractivity contribution in [3.63, 3.8) is 0 Å². The third-order valence-electron chi connectivity index (χ3n) is 13.8. The molecule has 2 aliphatic carbocycles. The molecule has 0 atom stereocenters. The van der Waals surface area contributed by atoms with E-state index in [4.69, 9.17) is 38.0 Å². The van der Waals surface area contributed by atoms with Crippen LogP contribution < -0.4 is 18.9 Å². The highest BCUT2D eigenvalue weighted by molar-refractivity contribution is 5.96. The first-order valence-electron chi connectivity index (χ1n) is 23.6. The average molecular weight is 893 g/mol. The number of likely N-dealkylation sites (tertiary alicyclic amines) is 2. The van der Waals surface area contributed by atoms with Crippen LogP contribution in [0.5, 0.6) is 23.0 Å². The van der Waals surface area contributed by atoms with Crippen molar-refractivity contribution in [3.05, 3.63) is 108 Å².